The Balaban J connectivity index is 2.44. The summed E-state index contributed by atoms with van der Waals surface area (Å²) in [6.45, 7) is 3.64. The first kappa shape index (κ1) is 12.3. The quantitative estimate of drug-likeness (QED) is 0.845. The Hall–Kier alpha value is -2.17. The minimum atomic E-state index is -1.03. The van der Waals surface area contributed by atoms with Crippen molar-refractivity contribution in [3.05, 3.63) is 35.4 Å². The lowest BCUT2D eigenvalue weighted by Gasteiger charge is -2.20. The molecule has 5 nitrogen and oxygen atoms in total. The molecule has 1 aliphatic heterocycles. The molecule has 0 aliphatic carbocycles. The molecule has 2 N–H and O–H groups in total. The Labute approximate surface area is 105 Å². The average Bonchev–Trinajstić information content (AvgIpc) is 2.66. The highest BCUT2D eigenvalue weighted by Gasteiger charge is 2.38. The molecule has 0 aromatic heterocycles. The van der Waals surface area contributed by atoms with Gasteiger partial charge in [0.2, 0.25) is 0 Å². The summed E-state index contributed by atoms with van der Waals surface area (Å²) in [6, 6.07) is 6.50. The van der Waals surface area contributed by atoms with E-state index in [0.717, 1.165) is 0 Å². The molecule has 0 spiro atoms. The molecule has 1 unspecified atom stereocenters. The van der Waals surface area contributed by atoms with Crippen LogP contribution in [0.2, 0.25) is 0 Å². The predicted molar refractivity (Wildman–Crippen MR) is 66.8 cm³/mol. The lowest BCUT2D eigenvalue weighted by molar-refractivity contribution is -0.122. The van der Waals surface area contributed by atoms with E-state index in [9.17, 15) is 9.59 Å². The zero-order valence-corrected chi connectivity index (χ0v) is 10.2. The molecule has 1 heterocycles. The molecule has 1 aliphatic rings. The third-order valence-corrected chi connectivity index (χ3v) is 3.20. The van der Waals surface area contributed by atoms with Crippen molar-refractivity contribution < 1.29 is 14.7 Å². The third kappa shape index (κ3) is 1.88. The predicted octanol–water partition coefficient (Wildman–Crippen LogP) is 1.43. The van der Waals surface area contributed by atoms with Crippen LogP contribution in [-0.2, 0) is 4.79 Å². The molecule has 5 heteroatoms. The van der Waals surface area contributed by atoms with Gasteiger partial charge in [0.05, 0.1) is 5.56 Å². The molecule has 1 aromatic rings. The Kier molecular flexibility index (Phi) is 2.90. The highest BCUT2D eigenvalue weighted by atomic mass is 16.4. The number of carbonyl (C=O) groups excluding carboxylic acids is 1. The maximum absolute atomic E-state index is 11.8. The molecule has 1 amide bonds. The molecule has 2 rings (SSSR count). The normalized spacial score (nSPS) is 22.6. The summed E-state index contributed by atoms with van der Waals surface area (Å²) >= 11 is 0. The fraction of sp³-hybridized carbons (Fsp3) is 0.308. The summed E-state index contributed by atoms with van der Waals surface area (Å²) in [7, 11) is 0. The number of rotatable bonds is 3. The SMILES string of the molecule is CCC1(C)NC(c2ccccc2C(=O)O)=NC1=O. The van der Waals surface area contributed by atoms with E-state index in [2.05, 4.69) is 10.3 Å². The van der Waals surface area contributed by atoms with Crippen LogP contribution in [-0.4, -0.2) is 28.4 Å². The molecule has 18 heavy (non-hydrogen) atoms. The molecule has 0 saturated heterocycles. The van der Waals surface area contributed by atoms with Crippen LogP contribution in [0.5, 0.6) is 0 Å². The van der Waals surface area contributed by atoms with Crippen molar-refractivity contribution in [1.82, 2.24) is 5.32 Å². The fourth-order valence-corrected chi connectivity index (χ4v) is 1.81. The van der Waals surface area contributed by atoms with E-state index in [0.29, 0.717) is 17.8 Å². The van der Waals surface area contributed by atoms with E-state index in [1.54, 1.807) is 25.1 Å². The molecule has 0 bridgehead atoms. The van der Waals surface area contributed by atoms with Crippen molar-refractivity contribution >= 4 is 17.7 Å². The van der Waals surface area contributed by atoms with Crippen LogP contribution in [0.25, 0.3) is 0 Å². The molecule has 94 valence electrons. The number of carboxylic acids is 1. The first-order chi connectivity index (χ1) is 8.48. The van der Waals surface area contributed by atoms with Gasteiger partial charge in [-0.15, -0.1) is 0 Å². The third-order valence-electron chi connectivity index (χ3n) is 3.20. The van der Waals surface area contributed by atoms with Crippen LogP contribution < -0.4 is 5.32 Å². The van der Waals surface area contributed by atoms with Crippen molar-refractivity contribution in [2.45, 2.75) is 25.8 Å². The van der Waals surface area contributed by atoms with Crippen LogP contribution in [0.1, 0.15) is 36.2 Å². The monoisotopic (exact) mass is 246 g/mol. The Morgan fingerprint density at radius 2 is 2.11 bits per heavy atom. The van der Waals surface area contributed by atoms with Crippen LogP contribution in [0.3, 0.4) is 0 Å². The minimum Gasteiger partial charge on any atom is -0.478 e. The summed E-state index contributed by atoms with van der Waals surface area (Å²) in [6.07, 6.45) is 0.591. The zero-order valence-electron chi connectivity index (χ0n) is 10.2. The molecular weight excluding hydrogens is 232 g/mol. The van der Waals surface area contributed by atoms with Gasteiger partial charge in [0, 0.05) is 5.56 Å². The van der Waals surface area contributed by atoms with Gasteiger partial charge >= 0.3 is 5.97 Å². The molecule has 1 atom stereocenters. The number of aliphatic imine (C=N–C) groups is 1. The number of benzene rings is 1. The summed E-state index contributed by atoms with van der Waals surface area (Å²) in [4.78, 5) is 26.8. The summed E-state index contributed by atoms with van der Waals surface area (Å²) in [5, 5.41) is 12.1. The Bertz CT molecular complexity index is 551. The fourth-order valence-electron chi connectivity index (χ4n) is 1.81. The van der Waals surface area contributed by atoms with Gasteiger partial charge in [-0.25, -0.2) is 4.79 Å². The topological polar surface area (TPSA) is 78.8 Å². The number of amidine groups is 1. The van der Waals surface area contributed by atoms with E-state index in [1.807, 2.05) is 6.92 Å². The standard InChI is InChI=1S/C13H14N2O3/c1-3-13(2)12(18)14-10(15-13)8-6-4-5-7-9(8)11(16)17/h4-7H,3H2,1-2H3,(H,16,17)(H,14,15,18). The smallest absolute Gasteiger partial charge is 0.336 e. The first-order valence-corrected chi connectivity index (χ1v) is 5.72. The van der Waals surface area contributed by atoms with E-state index < -0.39 is 11.5 Å². The van der Waals surface area contributed by atoms with Crippen molar-refractivity contribution in [2.24, 2.45) is 4.99 Å². The van der Waals surface area contributed by atoms with E-state index in [-0.39, 0.29) is 11.5 Å². The molecule has 0 radical (unpaired) electrons. The lowest BCUT2D eigenvalue weighted by Crippen LogP contribution is -2.45. The Morgan fingerprint density at radius 3 is 2.67 bits per heavy atom. The largest absolute Gasteiger partial charge is 0.478 e. The number of carboxylic acid groups (broad SMARTS) is 1. The van der Waals surface area contributed by atoms with Crippen molar-refractivity contribution in [3.63, 3.8) is 0 Å². The summed E-state index contributed by atoms with van der Waals surface area (Å²) in [5.74, 6) is -0.963. The number of hydrogen-bond acceptors (Lipinski definition) is 3. The van der Waals surface area contributed by atoms with Crippen molar-refractivity contribution in [1.29, 1.82) is 0 Å². The first-order valence-electron chi connectivity index (χ1n) is 5.72. The number of amides is 1. The van der Waals surface area contributed by atoms with Crippen LogP contribution in [0.15, 0.2) is 29.3 Å². The number of nitrogens with zero attached hydrogens (tertiary/aromatic N) is 1. The average molecular weight is 246 g/mol. The highest BCUT2D eigenvalue weighted by Crippen LogP contribution is 2.21. The second-order valence-electron chi connectivity index (χ2n) is 4.43. The maximum Gasteiger partial charge on any atom is 0.336 e. The van der Waals surface area contributed by atoms with Crippen LogP contribution in [0.4, 0.5) is 0 Å². The van der Waals surface area contributed by atoms with Crippen molar-refractivity contribution in [3.8, 4) is 0 Å². The Morgan fingerprint density at radius 1 is 1.44 bits per heavy atom. The van der Waals surface area contributed by atoms with Gasteiger partial charge in [-0.05, 0) is 19.4 Å². The van der Waals surface area contributed by atoms with Gasteiger partial charge in [0.15, 0.2) is 0 Å². The maximum atomic E-state index is 11.8. The summed E-state index contributed by atoms with van der Waals surface area (Å²) < 4.78 is 0. The minimum absolute atomic E-state index is 0.136. The van der Waals surface area contributed by atoms with E-state index in [1.165, 1.54) is 6.07 Å². The van der Waals surface area contributed by atoms with E-state index in [4.69, 9.17) is 5.11 Å². The second kappa shape index (κ2) is 4.25. The van der Waals surface area contributed by atoms with Crippen molar-refractivity contribution in [2.75, 3.05) is 0 Å². The van der Waals surface area contributed by atoms with Gasteiger partial charge in [-0.2, -0.15) is 4.99 Å². The molecular formula is C13H14N2O3. The zero-order chi connectivity index (χ0) is 13.3. The number of carbonyl (C=O) groups is 2. The van der Waals surface area contributed by atoms with Gasteiger partial charge in [0.1, 0.15) is 11.4 Å². The number of nitrogens with one attached hydrogen (secondary N) is 1. The van der Waals surface area contributed by atoms with Gasteiger partial charge in [-0.3, -0.25) is 4.79 Å². The number of aromatic carboxylic acids is 1. The van der Waals surface area contributed by atoms with Crippen LogP contribution >= 0.6 is 0 Å². The molecule has 0 fully saturated rings. The lowest BCUT2D eigenvalue weighted by atomic mass is 9.99. The van der Waals surface area contributed by atoms with E-state index >= 15 is 0 Å². The molecule has 0 saturated carbocycles. The highest BCUT2D eigenvalue weighted by molar-refractivity contribution is 6.16. The van der Waals surface area contributed by atoms with Gasteiger partial charge < -0.3 is 10.4 Å². The second-order valence-corrected chi connectivity index (χ2v) is 4.43. The van der Waals surface area contributed by atoms with Crippen LogP contribution in [0, 0.1) is 0 Å². The summed E-state index contributed by atoms with van der Waals surface area (Å²) in [5.41, 5.74) is -0.159. The number of hydrogen-bond donors (Lipinski definition) is 2. The van der Waals surface area contributed by atoms with Gasteiger partial charge in [-0.1, -0.05) is 25.1 Å². The van der Waals surface area contributed by atoms with Gasteiger partial charge in [0.25, 0.3) is 5.91 Å². The molecule has 1 aromatic carbocycles.